The van der Waals surface area contributed by atoms with Crippen LogP contribution in [0.25, 0.3) is 0 Å². The summed E-state index contributed by atoms with van der Waals surface area (Å²) in [6, 6.07) is 1.74. The zero-order valence-electron chi connectivity index (χ0n) is 7.42. The Kier molecular flexibility index (Phi) is 3.27. The van der Waals surface area contributed by atoms with Crippen LogP contribution in [0, 0.1) is 11.3 Å². The third-order valence-electron chi connectivity index (χ3n) is 1.46. The van der Waals surface area contributed by atoms with Gasteiger partial charge in [0.05, 0.1) is 0 Å². The highest BCUT2D eigenvalue weighted by Gasteiger charge is 2.33. The Labute approximate surface area is 86.1 Å². The van der Waals surface area contributed by atoms with Gasteiger partial charge in [-0.15, -0.1) is 13.2 Å². The van der Waals surface area contributed by atoms with Crippen molar-refractivity contribution in [1.29, 1.82) is 5.26 Å². The second kappa shape index (κ2) is 4.30. The Balaban J connectivity index is 3.14. The van der Waals surface area contributed by atoms with E-state index < -0.39 is 29.8 Å². The van der Waals surface area contributed by atoms with E-state index in [9.17, 15) is 22.0 Å². The van der Waals surface area contributed by atoms with Gasteiger partial charge in [0.1, 0.15) is 6.07 Å². The molecule has 0 aromatic carbocycles. The number of rotatable bonds is 2. The summed E-state index contributed by atoms with van der Waals surface area (Å²) in [4.78, 5) is 3.14. The van der Waals surface area contributed by atoms with Gasteiger partial charge >= 0.3 is 6.36 Å². The lowest BCUT2D eigenvalue weighted by molar-refractivity contribution is -0.274. The fraction of sp³-hybridized carbons (Fsp3) is 0.250. The van der Waals surface area contributed by atoms with Gasteiger partial charge in [0.15, 0.2) is 11.4 Å². The molecule has 0 radical (unpaired) electrons. The first kappa shape index (κ1) is 12.2. The molecule has 0 aliphatic rings. The Hall–Kier alpha value is -1.91. The van der Waals surface area contributed by atoms with Gasteiger partial charge < -0.3 is 4.74 Å². The van der Waals surface area contributed by atoms with Gasteiger partial charge in [-0.1, -0.05) is 0 Å². The van der Waals surface area contributed by atoms with E-state index in [0.717, 1.165) is 0 Å². The topological polar surface area (TPSA) is 45.9 Å². The molecule has 0 unspecified atom stereocenters. The number of hydrogen-bond donors (Lipinski definition) is 0. The molecule has 0 bridgehead atoms. The first-order valence-electron chi connectivity index (χ1n) is 3.77. The second-order valence-electron chi connectivity index (χ2n) is 2.58. The minimum absolute atomic E-state index is 0.434. The Morgan fingerprint density at radius 1 is 1.38 bits per heavy atom. The smallest absolute Gasteiger partial charge is 0.403 e. The summed E-state index contributed by atoms with van der Waals surface area (Å²) < 4.78 is 63.2. The standard InChI is InChI=1S/C8H3F5N2O/c9-7(10)4-1-6(16-8(11,12)13)5(2-14)15-3-4/h1,3,7H. The van der Waals surface area contributed by atoms with Gasteiger partial charge in [-0.25, -0.2) is 13.8 Å². The van der Waals surface area contributed by atoms with Crippen molar-refractivity contribution in [2.24, 2.45) is 0 Å². The molecule has 16 heavy (non-hydrogen) atoms. The van der Waals surface area contributed by atoms with Gasteiger partial charge in [0.25, 0.3) is 6.43 Å². The molecule has 0 atom stereocenters. The molecule has 0 saturated heterocycles. The van der Waals surface area contributed by atoms with Crippen LogP contribution in [0.3, 0.4) is 0 Å². The van der Waals surface area contributed by atoms with Crippen molar-refractivity contribution in [3.05, 3.63) is 23.5 Å². The summed E-state index contributed by atoms with van der Waals surface area (Å²) in [5, 5.41) is 8.40. The number of aromatic nitrogens is 1. The first-order chi connectivity index (χ1) is 7.33. The molecule has 8 heteroatoms. The Bertz CT molecular complexity index is 423. The van der Waals surface area contributed by atoms with E-state index in [1.54, 1.807) is 0 Å². The molecule has 0 aliphatic heterocycles. The van der Waals surface area contributed by atoms with Crippen LogP contribution in [-0.2, 0) is 0 Å². The van der Waals surface area contributed by atoms with E-state index in [1.807, 2.05) is 0 Å². The lowest BCUT2D eigenvalue weighted by Crippen LogP contribution is -2.18. The van der Waals surface area contributed by atoms with Gasteiger partial charge in [0.2, 0.25) is 0 Å². The number of pyridine rings is 1. The molecule has 0 amide bonds. The van der Waals surface area contributed by atoms with Crippen molar-refractivity contribution >= 4 is 0 Å². The molecule has 3 nitrogen and oxygen atoms in total. The summed E-state index contributed by atoms with van der Waals surface area (Å²) in [6.45, 7) is 0. The number of hydrogen-bond acceptors (Lipinski definition) is 3. The average Bonchev–Trinajstić information content (AvgIpc) is 2.15. The van der Waals surface area contributed by atoms with Crippen LogP contribution in [0.1, 0.15) is 17.7 Å². The van der Waals surface area contributed by atoms with Crippen LogP contribution >= 0.6 is 0 Å². The number of ether oxygens (including phenoxy) is 1. The Morgan fingerprint density at radius 2 is 2.00 bits per heavy atom. The van der Waals surface area contributed by atoms with Crippen molar-refractivity contribution in [3.8, 4) is 11.8 Å². The number of nitriles is 1. The van der Waals surface area contributed by atoms with Crippen molar-refractivity contribution in [2.45, 2.75) is 12.8 Å². The number of alkyl halides is 5. The van der Waals surface area contributed by atoms with Crippen molar-refractivity contribution in [1.82, 2.24) is 4.98 Å². The van der Waals surface area contributed by atoms with Gasteiger partial charge in [-0.3, -0.25) is 0 Å². The van der Waals surface area contributed by atoms with E-state index in [4.69, 9.17) is 5.26 Å². The fourth-order valence-electron chi connectivity index (χ4n) is 0.865. The maximum atomic E-state index is 12.2. The predicted octanol–water partition coefficient (Wildman–Crippen LogP) is 2.79. The predicted molar refractivity (Wildman–Crippen MR) is 40.6 cm³/mol. The summed E-state index contributed by atoms with van der Waals surface area (Å²) in [6.07, 6.45) is -7.43. The van der Waals surface area contributed by atoms with Gasteiger partial charge in [-0.2, -0.15) is 5.26 Å². The SMILES string of the molecule is N#Cc1ncc(C(F)F)cc1OC(F)(F)F. The Morgan fingerprint density at radius 3 is 2.44 bits per heavy atom. The molecule has 1 aromatic rings. The molecule has 1 aromatic heterocycles. The summed E-state index contributed by atoms with van der Waals surface area (Å²) in [5.41, 5.74) is -1.46. The molecule has 0 fully saturated rings. The monoisotopic (exact) mass is 238 g/mol. The van der Waals surface area contributed by atoms with E-state index in [-0.39, 0.29) is 0 Å². The molecule has 0 spiro atoms. The van der Waals surface area contributed by atoms with Crippen LogP contribution in [0.5, 0.6) is 5.75 Å². The van der Waals surface area contributed by atoms with Crippen molar-refractivity contribution < 1.29 is 26.7 Å². The minimum atomic E-state index is -5.06. The van der Waals surface area contributed by atoms with Crippen LogP contribution in [-0.4, -0.2) is 11.3 Å². The van der Waals surface area contributed by atoms with Gasteiger partial charge in [-0.05, 0) is 6.07 Å². The molecule has 0 aliphatic carbocycles. The molecule has 86 valence electrons. The highest BCUT2D eigenvalue weighted by atomic mass is 19.4. The second-order valence-corrected chi connectivity index (χ2v) is 2.58. The average molecular weight is 238 g/mol. The third-order valence-corrected chi connectivity index (χ3v) is 1.46. The highest BCUT2D eigenvalue weighted by Crippen LogP contribution is 2.28. The first-order valence-corrected chi connectivity index (χ1v) is 3.77. The van der Waals surface area contributed by atoms with Crippen molar-refractivity contribution in [2.75, 3.05) is 0 Å². The summed E-state index contributed by atoms with van der Waals surface area (Å²) >= 11 is 0. The zero-order chi connectivity index (χ0) is 12.3. The van der Waals surface area contributed by atoms with E-state index in [1.165, 1.54) is 6.07 Å². The van der Waals surface area contributed by atoms with Crippen LogP contribution in [0.2, 0.25) is 0 Å². The van der Waals surface area contributed by atoms with E-state index >= 15 is 0 Å². The fourth-order valence-corrected chi connectivity index (χ4v) is 0.865. The molecule has 1 rings (SSSR count). The van der Waals surface area contributed by atoms with Crippen molar-refractivity contribution in [3.63, 3.8) is 0 Å². The molecule has 0 saturated carbocycles. The van der Waals surface area contributed by atoms with Crippen LogP contribution in [0.4, 0.5) is 22.0 Å². The molecule has 1 heterocycles. The quantitative estimate of drug-likeness (QED) is 0.744. The van der Waals surface area contributed by atoms with Crippen LogP contribution in [0.15, 0.2) is 12.3 Å². The molecule has 0 N–H and O–H groups in total. The maximum Gasteiger partial charge on any atom is 0.573 e. The lowest BCUT2D eigenvalue weighted by Gasteiger charge is -2.10. The van der Waals surface area contributed by atoms with Gasteiger partial charge in [0, 0.05) is 11.8 Å². The number of nitrogens with zero attached hydrogens (tertiary/aromatic N) is 2. The highest BCUT2D eigenvalue weighted by molar-refractivity contribution is 5.39. The largest absolute Gasteiger partial charge is 0.573 e. The number of halogens is 5. The lowest BCUT2D eigenvalue weighted by atomic mass is 10.2. The molecular formula is C8H3F5N2O. The van der Waals surface area contributed by atoms with E-state index in [0.29, 0.717) is 12.3 Å². The molecular weight excluding hydrogens is 235 g/mol. The third kappa shape index (κ3) is 3.05. The minimum Gasteiger partial charge on any atom is -0.403 e. The van der Waals surface area contributed by atoms with E-state index in [2.05, 4.69) is 9.72 Å². The summed E-state index contributed by atoms with van der Waals surface area (Å²) in [7, 11) is 0. The zero-order valence-corrected chi connectivity index (χ0v) is 7.42. The normalized spacial score (nSPS) is 11.3. The maximum absolute atomic E-state index is 12.2. The summed E-state index contributed by atoms with van der Waals surface area (Å²) in [5.74, 6) is -1.03. The van der Waals surface area contributed by atoms with Crippen LogP contribution < -0.4 is 4.74 Å².